The van der Waals surface area contributed by atoms with Crippen molar-refractivity contribution in [3.05, 3.63) is 24.0 Å². The number of hydrogen-bond donors (Lipinski definition) is 2. The molecule has 2 amide bonds. The Morgan fingerprint density at radius 3 is 2.90 bits per heavy atom. The second-order valence-electron chi connectivity index (χ2n) is 5.16. The van der Waals surface area contributed by atoms with Gasteiger partial charge in [0.15, 0.2) is 5.69 Å². The van der Waals surface area contributed by atoms with Crippen LogP contribution in [0.25, 0.3) is 0 Å². The first-order chi connectivity index (χ1) is 9.39. The van der Waals surface area contributed by atoms with Gasteiger partial charge in [-0.3, -0.25) is 0 Å². The van der Waals surface area contributed by atoms with E-state index in [1.54, 1.807) is 11.0 Å². The molecule has 1 aromatic heterocycles. The highest BCUT2D eigenvalue weighted by Gasteiger charge is 2.30. The molecule has 0 unspecified atom stereocenters. The Balaban J connectivity index is 2.10. The van der Waals surface area contributed by atoms with Gasteiger partial charge in [-0.05, 0) is 26.0 Å². The molecule has 7 nitrogen and oxygen atoms in total. The highest BCUT2D eigenvalue weighted by molar-refractivity contribution is 5.98. The number of carboxylic acids is 1. The summed E-state index contributed by atoms with van der Waals surface area (Å²) in [4.78, 5) is 28.6. The summed E-state index contributed by atoms with van der Waals surface area (Å²) >= 11 is 0. The topological polar surface area (TPSA) is 91.8 Å². The van der Waals surface area contributed by atoms with Crippen molar-refractivity contribution in [2.75, 3.05) is 25.0 Å². The minimum absolute atomic E-state index is 0.173. The Hall–Kier alpha value is -2.15. The van der Waals surface area contributed by atoms with Crippen LogP contribution in [0.4, 0.5) is 10.5 Å². The van der Waals surface area contributed by atoms with E-state index < -0.39 is 11.6 Å². The Morgan fingerprint density at radius 1 is 1.50 bits per heavy atom. The molecule has 1 aliphatic rings. The molecule has 0 saturated carbocycles. The second kappa shape index (κ2) is 5.46. The van der Waals surface area contributed by atoms with Crippen LogP contribution in [0.5, 0.6) is 0 Å². The van der Waals surface area contributed by atoms with Crippen LogP contribution in [0.15, 0.2) is 18.3 Å². The van der Waals surface area contributed by atoms with E-state index >= 15 is 0 Å². The minimum Gasteiger partial charge on any atom is -0.476 e. The fraction of sp³-hybridized carbons (Fsp3) is 0.462. The van der Waals surface area contributed by atoms with E-state index in [4.69, 9.17) is 9.84 Å². The van der Waals surface area contributed by atoms with E-state index in [0.717, 1.165) is 0 Å². The Bertz CT molecular complexity index is 530. The maximum atomic E-state index is 12.2. The molecule has 0 atom stereocenters. The van der Waals surface area contributed by atoms with Crippen LogP contribution in [0.3, 0.4) is 0 Å². The molecule has 2 N–H and O–H groups in total. The Morgan fingerprint density at radius 2 is 2.25 bits per heavy atom. The van der Waals surface area contributed by atoms with Gasteiger partial charge >= 0.3 is 12.0 Å². The third-order valence-corrected chi connectivity index (χ3v) is 2.96. The fourth-order valence-corrected chi connectivity index (χ4v) is 2.06. The number of nitrogens with one attached hydrogen (secondary N) is 1. The predicted octanol–water partition coefficient (Wildman–Crippen LogP) is 1.42. The van der Waals surface area contributed by atoms with Gasteiger partial charge in [0.05, 0.1) is 24.4 Å². The summed E-state index contributed by atoms with van der Waals surface area (Å²) in [6.07, 6.45) is 1.37. The summed E-state index contributed by atoms with van der Waals surface area (Å²) in [5.41, 5.74) is -0.386. The van der Waals surface area contributed by atoms with Gasteiger partial charge in [0.1, 0.15) is 0 Å². The first kappa shape index (κ1) is 14.3. The van der Waals surface area contributed by atoms with E-state index in [1.807, 2.05) is 13.8 Å². The number of hydrogen-bond acceptors (Lipinski definition) is 4. The summed E-state index contributed by atoms with van der Waals surface area (Å²) in [5.74, 6) is -1.18. The Kier molecular flexibility index (Phi) is 3.89. The summed E-state index contributed by atoms with van der Waals surface area (Å²) in [6, 6.07) is 2.74. The zero-order valence-corrected chi connectivity index (χ0v) is 11.4. The van der Waals surface area contributed by atoms with Gasteiger partial charge in [-0.2, -0.15) is 0 Å². The van der Waals surface area contributed by atoms with E-state index in [1.165, 1.54) is 12.3 Å². The fourth-order valence-electron chi connectivity index (χ4n) is 2.06. The maximum Gasteiger partial charge on any atom is 0.356 e. The third-order valence-electron chi connectivity index (χ3n) is 2.96. The molecule has 1 saturated heterocycles. The van der Waals surface area contributed by atoms with Crippen molar-refractivity contribution in [3.63, 3.8) is 0 Å². The number of aromatic carboxylic acids is 1. The lowest BCUT2D eigenvalue weighted by molar-refractivity contribution is -0.0720. The lowest BCUT2D eigenvalue weighted by Gasteiger charge is -2.38. The SMILES string of the molecule is CC1(C)CN(C(=O)Nc2cccnc2C(=O)O)CCO1. The molecule has 0 bridgehead atoms. The van der Waals surface area contributed by atoms with E-state index in [9.17, 15) is 9.59 Å². The number of aromatic nitrogens is 1. The highest BCUT2D eigenvalue weighted by atomic mass is 16.5. The van der Waals surface area contributed by atoms with E-state index in [2.05, 4.69) is 10.3 Å². The van der Waals surface area contributed by atoms with Gasteiger partial charge < -0.3 is 20.1 Å². The van der Waals surface area contributed by atoms with E-state index in [-0.39, 0.29) is 17.4 Å². The Labute approximate surface area is 116 Å². The van der Waals surface area contributed by atoms with Crippen molar-refractivity contribution in [1.82, 2.24) is 9.88 Å². The van der Waals surface area contributed by atoms with Crippen LogP contribution >= 0.6 is 0 Å². The van der Waals surface area contributed by atoms with Crippen LogP contribution in [-0.4, -0.2) is 52.3 Å². The van der Waals surface area contributed by atoms with Gasteiger partial charge in [0, 0.05) is 12.7 Å². The van der Waals surface area contributed by atoms with Crippen molar-refractivity contribution < 1.29 is 19.4 Å². The van der Waals surface area contributed by atoms with E-state index in [0.29, 0.717) is 19.7 Å². The standard InChI is InChI=1S/C13H17N3O4/c1-13(2)8-16(6-7-20-13)12(19)15-9-4-3-5-14-10(9)11(17)18/h3-5H,6-8H2,1-2H3,(H,15,19)(H,17,18). The van der Waals surface area contributed by atoms with Crippen LogP contribution in [0, 0.1) is 0 Å². The lowest BCUT2D eigenvalue weighted by Crippen LogP contribution is -2.51. The number of nitrogens with zero attached hydrogens (tertiary/aromatic N) is 2. The summed E-state index contributed by atoms with van der Waals surface area (Å²) in [6.45, 7) is 5.18. The molecule has 0 spiro atoms. The monoisotopic (exact) mass is 279 g/mol. The van der Waals surface area contributed by atoms with Crippen molar-refractivity contribution >= 4 is 17.7 Å². The molecule has 0 aliphatic carbocycles. The van der Waals surface area contributed by atoms with Crippen LogP contribution in [0.1, 0.15) is 24.3 Å². The summed E-state index contributed by atoms with van der Waals surface area (Å²) < 4.78 is 5.53. The molecule has 0 aromatic carbocycles. The van der Waals surface area contributed by atoms with Gasteiger partial charge in [0.25, 0.3) is 0 Å². The molecule has 1 aromatic rings. The first-order valence-corrected chi connectivity index (χ1v) is 6.27. The van der Waals surface area contributed by atoms with Gasteiger partial charge in [-0.25, -0.2) is 14.6 Å². The average molecular weight is 279 g/mol. The normalized spacial score (nSPS) is 17.6. The number of ether oxygens (including phenoxy) is 1. The number of morpholine rings is 1. The first-order valence-electron chi connectivity index (χ1n) is 6.27. The summed E-state index contributed by atoms with van der Waals surface area (Å²) in [7, 11) is 0. The predicted molar refractivity (Wildman–Crippen MR) is 71.8 cm³/mol. The number of rotatable bonds is 2. The van der Waals surface area contributed by atoms with Gasteiger partial charge in [0.2, 0.25) is 0 Å². The quantitative estimate of drug-likeness (QED) is 0.854. The average Bonchev–Trinajstić information content (AvgIpc) is 2.38. The van der Waals surface area contributed by atoms with Crippen LogP contribution < -0.4 is 5.32 Å². The van der Waals surface area contributed by atoms with Crippen LogP contribution in [-0.2, 0) is 4.74 Å². The molecule has 7 heteroatoms. The van der Waals surface area contributed by atoms with Crippen LogP contribution in [0.2, 0.25) is 0 Å². The third kappa shape index (κ3) is 3.24. The molecule has 0 radical (unpaired) electrons. The number of urea groups is 1. The van der Waals surface area contributed by atoms with Crippen molar-refractivity contribution in [2.24, 2.45) is 0 Å². The molecule has 20 heavy (non-hydrogen) atoms. The molecular formula is C13H17N3O4. The number of anilines is 1. The zero-order valence-electron chi connectivity index (χ0n) is 11.4. The number of carbonyl (C=O) groups is 2. The number of amides is 2. The van der Waals surface area contributed by atoms with Gasteiger partial charge in [-0.15, -0.1) is 0 Å². The highest BCUT2D eigenvalue weighted by Crippen LogP contribution is 2.18. The van der Waals surface area contributed by atoms with Gasteiger partial charge in [-0.1, -0.05) is 0 Å². The van der Waals surface area contributed by atoms with Crippen molar-refractivity contribution in [2.45, 2.75) is 19.4 Å². The zero-order chi connectivity index (χ0) is 14.8. The van der Waals surface area contributed by atoms with Crippen molar-refractivity contribution in [1.29, 1.82) is 0 Å². The van der Waals surface area contributed by atoms with Crippen molar-refractivity contribution in [3.8, 4) is 0 Å². The molecule has 1 fully saturated rings. The molecular weight excluding hydrogens is 262 g/mol. The molecule has 108 valence electrons. The largest absolute Gasteiger partial charge is 0.476 e. The second-order valence-corrected chi connectivity index (χ2v) is 5.16. The number of pyridine rings is 1. The molecule has 2 rings (SSSR count). The minimum atomic E-state index is -1.18. The number of carbonyl (C=O) groups excluding carboxylic acids is 1. The summed E-state index contributed by atoms with van der Waals surface area (Å²) in [5, 5.41) is 11.6. The molecule has 1 aliphatic heterocycles. The lowest BCUT2D eigenvalue weighted by atomic mass is 10.1. The maximum absolute atomic E-state index is 12.2. The molecule has 2 heterocycles. The number of carboxylic acid groups (broad SMARTS) is 1. The smallest absolute Gasteiger partial charge is 0.356 e.